The number of allylic oxidation sites excluding steroid dienone is 11. The van der Waals surface area contributed by atoms with Gasteiger partial charge in [0.2, 0.25) is 5.91 Å². The maximum atomic E-state index is 13.2. The van der Waals surface area contributed by atoms with Gasteiger partial charge in [-0.3, -0.25) is 9.59 Å². The van der Waals surface area contributed by atoms with Gasteiger partial charge < -0.3 is 20.3 Å². The first-order valence-electron chi connectivity index (χ1n) is 28.2. The number of amides is 1. The minimum atomic E-state index is -0.815. The Bertz CT molecular complexity index is 1220. The van der Waals surface area contributed by atoms with E-state index in [2.05, 4.69) is 92.9 Å². The quantitative estimate of drug-likeness (QED) is 0.0321. The van der Waals surface area contributed by atoms with Gasteiger partial charge in [-0.15, -0.1) is 0 Å². The molecule has 382 valence electrons. The standard InChI is InChI=1S/C60H107NO5/c1-4-7-10-13-16-19-22-25-28-29-32-35-38-41-44-47-50-53-60(65)66-56(51-48-45-42-39-36-33-30-26-23-20-17-14-11-8-5-2)54-59(64)61-57(55-62)58(63)52-49-46-43-40-37-34-31-27-24-21-18-15-12-9-6-3/h8,11,17,20,25-26,28,30,36,39,45,48,56-58,62-63H,4-7,9-10,12-16,18-19,21-24,27,29,31-35,37-38,40-44,46-47,49-55H2,1-3H3,(H,61,64)/b11-8-,20-17-,28-25+,30-26-,39-36-,48-45-. The summed E-state index contributed by atoms with van der Waals surface area (Å²) in [5, 5.41) is 23.8. The van der Waals surface area contributed by atoms with E-state index in [1.54, 1.807) is 0 Å². The first-order valence-corrected chi connectivity index (χ1v) is 28.2. The number of aliphatic hydroxyl groups excluding tert-OH is 2. The summed E-state index contributed by atoms with van der Waals surface area (Å²) in [5.74, 6) is -0.581. The van der Waals surface area contributed by atoms with Gasteiger partial charge in [-0.1, -0.05) is 254 Å². The van der Waals surface area contributed by atoms with Crippen molar-refractivity contribution in [3.05, 3.63) is 72.9 Å². The smallest absolute Gasteiger partial charge is 0.306 e. The molecule has 3 unspecified atom stereocenters. The second-order valence-corrected chi connectivity index (χ2v) is 19.0. The summed E-state index contributed by atoms with van der Waals surface area (Å²) in [6.45, 7) is 6.35. The molecule has 0 spiro atoms. The zero-order valence-corrected chi connectivity index (χ0v) is 43.6. The zero-order valence-electron chi connectivity index (χ0n) is 43.6. The highest BCUT2D eigenvalue weighted by Gasteiger charge is 2.23. The molecule has 6 heteroatoms. The van der Waals surface area contributed by atoms with E-state index in [0.29, 0.717) is 19.3 Å². The molecule has 3 N–H and O–H groups in total. The summed E-state index contributed by atoms with van der Waals surface area (Å²) >= 11 is 0. The van der Waals surface area contributed by atoms with Gasteiger partial charge >= 0.3 is 5.97 Å². The molecule has 6 nitrogen and oxygen atoms in total. The number of aliphatic hydroxyl groups is 2. The van der Waals surface area contributed by atoms with Gasteiger partial charge in [0.1, 0.15) is 6.10 Å². The number of ether oxygens (including phenoxy) is 1. The lowest BCUT2D eigenvalue weighted by Crippen LogP contribution is -2.46. The van der Waals surface area contributed by atoms with E-state index < -0.39 is 18.2 Å². The second-order valence-electron chi connectivity index (χ2n) is 19.0. The number of hydrogen-bond acceptors (Lipinski definition) is 5. The summed E-state index contributed by atoms with van der Waals surface area (Å²) in [4.78, 5) is 26.2. The van der Waals surface area contributed by atoms with E-state index in [1.807, 2.05) is 6.08 Å². The van der Waals surface area contributed by atoms with E-state index in [0.717, 1.165) is 70.6 Å². The van der Waals surface area contributed by atoms with Crippen LogP contribution in [0.2, 0.25) is 0 Å². The second kappa shape index (κ2) is 53.3. The van der Waals surface area contributed by atoms with Gasteiger partial charge in [-0.05, 0) is 70.6 Å². The van der Waals surface area contributed by atoms with Crippen molar-refractivity contribution in [3.8, 4) is 0 Å². The SMILES string of the molecule is CC/C=C\C/C=C\C/C=C\C/C=C\C/C=C\CC(CC(=O)NC(CO)C(O)CCCCCCCCCCCCCCCCC)OC(=O)CCCCCCCCC/C=C/CCCCCCCC. The molecule has 0 aromatic carbocycles. The Morgan fingerprint density at radius 3 is 1.27 bits per heavy atom. The summed E-state index contributed by atoms with van der Waals surface area (Å²) in [6, 6.07) is -0.736. The van der Waals surface area contributed by atoms with Gasteiger partial charge in [-0.2, -0.15) is 0 Å². The van der Waals surface area contributed by atoms with Crippen molar-refractivity contribution in [1.82, 2.24) is 5.32 Å². The minimum Gasteiger partial charge on any atom is -0.461 e. The lowest BCUT2D eigenvalue weighted by Gasteiger charge is -2.24. The molecule has 0 aromatic heterocycles. The van der Waals surface area contributed by atoms with Crippen molar-refractivity contribution < 1.29 is 24.5 Å². The Labute approximate surface area is 409 Å². The Kier molecular flexibility index (Phi) is 51.1. The molecule has 0 saturated heterocycles. The van der Waals surface area contributed by atoms with Crippen LogP contribution in [0.5, 0.6) is 0 Å². The van der Waals surface area contributed by atoms with Crippen molar-refractivity contribution in [2.24, 2.45) is 0 Å². The Balaban J connectivity index is 4.67. The summed E-state index contributed by atoms with van der Waals surface area (Å²) in [6.07, 6.45) is 68.4. The Morgan fingerprint density at radius 1 is 0.470 bits per heavy atom. The van der Waals surface area contributed by atoms with Crippen LogP contribution < -0.4 is 5.32 Å². The highest BCUT2D eigenvalue weighted by atomic mass is 16.5. The first-order chi connectivity index (χ1) is 32.5. The van der Waals surface area contributed by atoms with Crippen LogP contribution in [0, 0.1) is 0 Å². The Morgan fingerprint density at radius 2 is 0.848 bits per heavy atom. The summed E-state index contributed by atoms with van der Waals surface area (Å²) in [7, 11) is 0. The van der Waals surface area contributed by atoms with Crippen LogP contribution in [0.4, 0.5) is 0 Å². The number of nitrogens with one attached hydrogen (secondary N) is 1. The molecule has 1 amide bonds. The molecule has 3 atom stereocenters. The predicted octanol–water partition coefficient (Wildman–Crippen LogP) is 17.3. The Hall–Kier alpha value is -2.70. The monoisotopic (exact) mass is 922 g/mol. The zero-order chi connectivity index (χ0) is 48.1. The largest absolute Gasteiger partial charge is 0.461 e. The summed E-state index contributed by atoms with van der Waals surface area (Å²) in [5.41, 5.74) is 0. The van der Waals surface area contributed by atoms with Crippen molar-refractivity contribution in [1.29, 1.82) is 0 Å². The highest BCUT2D eigenvalue weighted by Crippen LogP contribution is 2.17. The fourth-order valence-corrected chi connectivity index (χ4v) is 8.27. The van der Waals surface area contributed by atoms with Gasteiger partial charge in [0.05, 0.1) is 25.2 Å². The van der Waals surface area contributed by atoms with Crippen molar-refractivity contribution >= 4 is 11.9 Å². The number of rotatable bonds is 50. The molecule has 66 heavy (non-hydrogen) atoms. The van der Waals surface area contributed by atoms with Crippen LogP contribution in [0.1, 0.15) is 271 Å². The third-order valence-electron chi connectivity index (χ3n) is 12.5. The van der Waals surface area contributed by atoms with E-state index in [9.17, 15) is 19.8 Å². The van der Waals surface area contributed by atoms with Crippen LogP contribution >= 0.6 is 0 Å². The van der Waals surface area contributed by atoms with E-state index >= 15 is 0 Å². The fraction of sp³-hybridized carbons (Fsp3) is 0.767. The van der Waals surface area contributed by atoms with Crippen LogP contribution in [0.3, 0.4) is 0 Å². The third kappa shape index (κ3) is 47.8. The number of hydrogen-bond donors (Lipinski definition) is 3. The van der Waals surface area contributed by atoms with E-state index in [1.165, 1.54) is 154 Å². The molecule has 0 radical (unpaired) electrons. The van der Waals surface area contributed by atoms with E-state index in [-0.39, 0.29) is 24.9 Å². The van der Waals surface area contributed by atoms with Crippen LogP contribution in [-0.2, 0) is 14.3 Å². The molecular formula is C60H107NO5. The molecule has 0 aliphatic heterocycles. The molecule has 0 bridgehead atoms. The van der Waals surface area contributed by atoms with Crippen LogP contribution in [0.15, 0.2) is 72.9 Å². The number of carbonyl (C=O) groups is 2. The molecule has 0 rings (SSSR count). The van der Waals surface area contributed by atoms with E-state index in [4.69, 9.17) is 4.74 Å². The van der Waals surface area contributed by atoms with Crippen LogP contribution in [-0.4, -0.2) is 46.9 Å². The molecular weight excluding hydrogens is 815 g/mol. The number of esters is 1. The lowest BCUT2D eigenvalue weighted by molar-refractivity contribution is -0.150. The molecule has 0 heterocycles. The lowest BCUT2D eigenvalue weighted by atomic mass is 10.0. The first kappa shape index (κ1) is 63.3. The van der Waals surface area contributed by atoms with Gasteiger partial charge in [0, 0.05) is 12.8 Å². The normalized spacial score (nSPS) is 13.7. The van der Waals surface area contributed by atoms with Crippen molar-refractivity contribution in [2.75, 3.05) is 6.61 Å². The molecule has 0 aliphatic rings. The number of carbonyl (C=O) groups excluding carboxylic acids is 2. The van der Waals surface area contributed by atoms with Crippen LogP contribution in [0.25, 0.3) is 0 Å². The molecule has 0 saturated carbocycles. The maximum Gasteiger partial charge on any atom is 0.306 e. The average molecular weight is 923 g/mol. The van der Waals surface area contributed by atoms with Gasteiger partial charge in [-0.25, -0.2) is 0 Å². The molecule has 0 aromatic rings. The van der Waals surface area contributed by atoms with Crippen molar-refractivity contribution in [3.63, 3.8) is 0 Å². The van der Waals surface area contributed by atoms with Crippen molar-refractivity contribution in [2.45, 2.75) is 289 Å². The molecule has 0 aliphatic carbocycles. The predicted molar refractivity (Wildman–Crippen MR) is 287 cm³/mol. The minimum absolute atomic E-state index is 0.00351. The van der Waals surface area contributed by atoms with Gasteiger partial charge in [0.15, 0.2) is 0 Å². The fourth-order valence-electron chi connectivity index (χ4n) is 8.27. The van der Waals surface area contributed by atoms with Gasteiger partial charge in [0.25, 0.3) is 0 Å². The third-order valence-corrected chi connectivity index (χ3v) is 12.5. The molecule has 0 fully saturated rings. The summed E-state index contributed by atoms with van der Waals surface area (Å²) < 4.78 is 5.89. The highest BCUT2D eigenvalue weighted by molar-refractivity contribution is 5.77. The number of unbranched alkanes of at least 4 members (excludes halogenated alkanes) is 27. The average Bonchev–Trinajstić information content (AvgIpc) is 3.31. The topological polar surface area (TPSA) is 95.9 Å². The maximum absolute atomic E-state index is 13.2.